The number of anilines is 2. The highest BCUT2D eigenvalue weighted by Gasteiger charge is 2.22. The molecule has 1 heterocycles. The Morgan fingerprint density at radius 1 is 0.861 bits per heavy atom. The van der Waals surface area contributed by atoms with E-state index in [1.807, 2.05) is 65.6 Å². The predicted octanol–water partition coefficient (Wildman–Crippen LogP) is 5.64. The highest BCUT2D eigenvalue weighted by Crippen LogP contribution is 2.22. The summed E-state index contributed by atoms with van der Waals surface area (Å²) in [6.45, 7) is 7.79. The van der Waals surface area contributed by atoms with Crippen LogP contribution in [0.3, 0.4) is 0 Å². The number of carbonyl (C=O) groups is 2. The summed E-state index contributed by atoms with van der Waals surface area (Å²) in [5, 5.41) is 2.97. The van der Waals surface area contributed by atoms with Crippen LogP contribution in [0.2, 0.25) is 0 Å². The number of hydrogen-bond donors (Lipinski definition) is 1. The first-order valence-corrected chi connectivity index (χ1v) is 12.8. The van der Waals surface area contributed by atoms with Gasteiger partial charge in [-0.1, -0.05) is 38.5 Å². The summed E-state index contributed by atoms with van der Waals surface area (Å²) in [5.74, 6) is 0.639. The number of ether oxygens (including phenoxy) is 1. The van der Waals surface area contributed by atoms with E-state index in [0.717, 1.165) is 49.3 Å². The molecule has 0 atom stereocenters. The van der Waals surface area contributed by atoms with Crippen LogP contribution in [0.25, 0.3) is 0 Å². The fraction of sp³-hybridized carbons (Fsp3) is 0.333. The molecular weight excluding hydrogens is 450 g/mol. The van der Waals surface area contributed by atoms with Crippen LogP contribution in [0, 0.1) is 0 Å². The monoisotopic (exact) mass is 485 g/mol. The molecule has 2 amide bonds. The van der Waals surface area contributed by atoms with Crippen LogP contribution in [-0.4, -0.2) is 49.5 Å². The molecule has 0 radical (unpaired) electrons. The van der Waals surface area contributed by atoms with Gasteiger partial charge in [0.25, 0.3) is 11.8 Å². The molecule has 188 valence electrons. The van der Waals surface area contributed by atoms with Gasteiger partial charge in [0.2, 0.25) is 0 Å². The van der Waals surface area contributed by atoms with E-state index in [0.29, 0.717) is 31.0 Å². The molecule has 1 aliphatic rings. The van der Waals surface area contributed by atoms with Crippen LogP contribution >= 0.6 is 0 Å². The van der Waals surface area contributed by atoms with Crippen LogP contribution in [0.15, 0.2) is 72.8 Å². The van der Waals surface area contributed by atoms with E-state index >= 15 is 0 Å². The fourth-order valence-electron chi connectivity index (χ4n) is 4.25. The molecular formula is C30H35N3O3. The van der Waals surface area contributed by atoms with Crippen molar-refractivity contribution in [1.29, 1.82) is 0 Å². The number of rotatable bonds is 9. The van der Waals surface area contributed by atoms with Crippen molar-refractivity contribution in [3.05, 3.63) is 89.5 Å². The van der Waals surface area contributed by atoms with Crippen molar-refractivity contribution in [2.45, 2.75) is 33.1 Å². The molecule has 1 fully saturated rings. The molecule has 0 bridgehead atoms. The average Bonchev–Trinajstić information content (AvgIpc) is 2.93. The standard InChI is InChI=1S/C30H35N3O3/c1-3-5-21-36-28-8-6-7-25(22-28)29(34)31-26-13-15-27(16-14-26)32-17-19-33(20-18-32)30(35)24-11-9-23(4-2)10-12-24/h6-16,22H,3-5,17-21H2,1-2H3,(H,31,34). The van der Waals surface area contributed by atoms with Gasteiger partial charge in [0, 0.05) is 48.7 Å². The first-order valence-electron chi connectivity index (χ1n) is 12.8. The molecule has 0 aliphatic carbocycles. The van der Waals surface area contributed by atoms with E-state index in [9.17, 15) is 9.59 Å². The van der Waals surface area contributed by atoms with Crippen LogP contribution < -0.4 is 15.0 Å². The minimum atomic E-state index is -0.164. The maximum Gasteiger partial charge on any atom is 0.255 e. The summed E-state index contributed by atoms with van der Waals surface area (Å²) >= 11 is 0. The minimum Gasteiger partial charge on any atom is -0.494 e. The lowest BCUT2D eigenvalue weighted by Gasteiger charge is -2.36. The topological polar surface area (TPSA) is 61.9 Å². The highest BCUT2D eigenvalue weighted by molar-refractivity contribution is 6.04. The van der Waals surface area contributed by atoms with Crippen LogP contribution in [-0.2, 0) is 6.42 Å². The number of amides is 2. The zero-order valence-electron chi connectivity index (χ0n) is 21.2. The molecule has 0 saturated carbocycles. The lowest BCUT2D eigenvalue weighted by atomic mass is 10.1. The van der Waals surface area contributed by atoms with E-state index in [-0.39, 0.29) is 11.8 Å². The van der Waals surface area contributed by atoms with E-state index in [2.05, 4.69) is 24.1 Å². The molecule has 4 rings (SSSR count). The molecule has 1 saturated heterocycles. The number of nitrogens with one attached hydrogen (secondary N) is 1. The number of benzene rings is 3. The van der Waals surface area contributed by atoms with Crippen molar-refractivity contribution in [2.24, 2.45) is 0 Å². The molecule has 3 aromatic rings. The molecule has 0 aromatic heterocycles. The maximum atomic E-state index is 12.9. The first-order chi connectivity index (χ1) is 17.6. The lowest BCUT2D eigenvalue weighted by molar-refractivity contribution is 0.0746. The number of unbranched alkanes of at least 4 members (excludes halogenated alkanes) is 1. The second kappa shape index (κ2) is 12.2. The Hall–Kier alpha value is -3.80. The van der Waals surface area contributed by atoms with Crippen molar-refractivity contribution < 1.29 is 14.3 Å². The van der Waals surface area contributed by atoms with Gasteiger partial charge in [0.15, 0.2) is 0 Å². The lowest BCUT2D eigenvalue weighted by Crippen LogP contribution is -2.48. The van der Waals surface area contributed by atoms with Gasteiger partial charge < -0.3 is 19.9 Å². The third kappa shape index (κ3) is 6.45. The number of piperazine rings is 1. The second-order valence-corrected chi connectivity index (χ2v) is 9.06. The Labute approximate surface area is 213 Å². The van der Waals surface area contributed by atoms with Crippen LogP contribution in [0.1, 0.15) is 53.0 Å². The molecule has 3 aromatic carbocycles. The first kappa shape index (κ1) is 25.3. The van der Waals surface area contributed by atoms with Crippen LogP contribution in [0.5, 0.6) is 5.75 Å². The van der Waals surface area contributed by atoms with E-state index in [1.165, 1.54) is 5.56 Å². The quantitative estimate of drug-likeness (QED) is 0.398. The zero-order valence-corrected chi connectivity index (χ0v) is 21.2. The summed E-state index contributed by atoms with van der Waals surface area (Å²) in [6, 6.07) is 23.1. The summed E-state index contributed by atoms with van der Waals surface area (Å²) < 4.78 is 5.72. The minimum absolute atomic E-state index is 0.0928. The zero-order chi connectivity index (χ0) is 25.3. The van der Waals surface area contributed by atoms with Crippen molar-refractivity contribution in [2.75, 3.05) is 43.0 Å². The van der Waals surface area contributed by atoms with Crippen LogP contribution in [0.4, 0.5) is 11.4 Å². The Morgan fingerprint density at radius 2 is 1.58 bits per heavy atom. The second-order valence-electron chi connectivity index (χ2n) is 9.06. The predicted molar refractivity (Wildman–Crippen MR) is 145 cm³/mol. The SMILES string of the molecule is CCCCOc1cccc(C(=O)Nc2ccc(N3CCN(C(=O)c4ccc(CC)cc4)CC3)cc2)c1. The largest absolute Gasteiger partial charge is 0.494 e. The Kier molecular flexibility index (Phi) is 8.61. The van der Waals surface area contributed by atoms with Crippen molar-refractivity contribution >= 4 is 23.2 Å². The molecule has 1 N–H and O–H groups in total. The highest BCUT2D eigenvalue weighted by atomic mass is 16.5. The Balaban J connectivity index is 1.29. The van der Waals surface area contributed by atoms with Crippen molar-refractivity contribution in [1.82, 2.24) is 4.90 Å². The number of carbonyl (C=O) groups excluding carboxylic acids is 2. The van der Waals surface area contributed by atoms with Crippen molar-refractivity contribution in [3.63, 3.8) is 0 Å². The Bertz CT molecular complexity index is 1150. The number of nitrogens with zero attached hydrogens (tertiary/aromatic N) is 2. The number of aryl methyl sites for hydroxylation is 1. The third-order valence-corrected chi connectivity index (χ3v) is 6.53. The van der Waals surface area contributed by atoms with E-state index in [4.69, 9.17) is 4.74 Å². The smallest absolute Gasteiger partial charge is 0.255 e. The summed E-state index contributed by atoms with van der Waals surface area (Å²) in [7, 11) is 0. The molecule has 6 heteroatoms. The van der Waals surface area contributed by atoms with Gasteiger partial charge in [-0.25, -0.2) is 0 Å². The maximum absolute atomic E-state index is 12.9. The molecule has 1 aliphatic heterocycles. The fourth-order valence-corrected chi connectivity index (χ4v) is 4.25. The van der Waals surface area contributed by atoms with E-state index in [1.54, 1.807) is 12.1 Å². The van der Waals surface area contributed by atoms with Gasteiger partial charge in [0.1, 0.15) is 5.75 Å². The number of hydrogen-bond acceptors (Lipinski definition) is 4. The summed E-state index contributed by atoms with van der Waals surface area (Å²) in [6.07, 6.45) is 3.02. The normalized spacial score (nSPS) is 13.4. The molecule has 36 heavy (non-hydrogen) atoms. The summed E-state index contributed by atoms with van der Waals surface area (Å²) in [5.41, 5.74) is 4.38. The van der Waals surface area contributed by atoms with Gasteiger partial charge in [-0.2, -0.15) is 0 Å². The Morgan fingerprint density at radius 3 is 2.25 bits per heavy atom. The van der Waals surface area contributed by atoms with Gasteiger partial charge in [0.05, 0.1) is 6.61 Å². The summed E-state index contributed by atoms with van der Waals surface area (Å²) in [4.78, 5) is 29.8. The van der Waals surface area contributed by atoms with Gasteiger partial charge >= 0.3 is 0 Å². The molecule has 0 spiro atoms. The third-order valence-electron chi connectivity index (χ3n) is 6.53. The molecule has 6 nitrogen and oxygen atoms in total. The van der Waals surface area contributed by atoms with Crippen molar-refractivity contribution in [3.8, 4) is 5.75 Å². The van der Waals surface area contributed by atoms with Gasteiger partial charge in [-0.05, 0) is 73.0 Å². The van der Waals surface area contributed by atoms with Gasteiger partial charge in [-0.15, -0.1) is 0 Å². The van der Waals surface area contributed by atoms with E-state index < -0.39 is 0 Å². The molecule has 0 unspecified atom stereocenters. The van der Waals surface area contributed by atoms with Gasteiger partial charge in [-0.3, -0.25) is 9.59 Å². The average molecular weight is 486 g/mol.